The van der Waals surface area contributed by atoms with Crippen LogP contribution in [0.2, 0.25) is 0 Å². The van der Waals surface area contributed by atoms with Crippen molar-refractivity contribution in [3.63, 3.8) is 0 Å². The minimum atomic E-state index is -0.861. The average molecular weight is 280 g/mol. The van der Waals surface area contributed by atoms with E-state index >= 15 is 0 Å². The first-order valence-corrected chi connectivity index (χ1v) is 6.84. The van der Waals surface area contributed by atoms with E-state index in [4.69, 9.17) is 5.73 Å². The van der Waals surface area contributed by atoms with Crippen LogP contribution in [0.4, 0.5) is 14.7 Å². The molecule has 0 saturated carbocycles. The van der Waals surface area contributed by atoms with Crippen molar-refractivity contribution in [3.8, 4) is 0 Å². The van der Waals surface area contributed by atoms with Gasteiger partial charge in [0.15, 0.2) is 11.6 Å². The van der Waals surface area contributed by atoms with E-state index in [-0.39, 0.29) is 11.5 Å². The molecule has 0 unspecified atom stereocenters. The average Bonchev–Trinajstić information content (AvgIpc) is 2.74. The molecule has 1 aromatic carbocycles. The third kappa shape index (κ3) is 2.24. The summed E-state index contributed by atoms with van der Waals surface area (Å²) in [5.41, 5.74) is 6.46. The maximum Gasteiger partial charge on any atom is 0.201 e. The van der Waals surface area contributed by atoms with Crippen molar-refractivity contribution < 1.29 is 8.78 Å². The van der Waals surface area contributed by atoms with Gasteiger partial charge in [0.2, 0.25) is 5.95 Å². The van der Waals surface area contributed by atoms with E-state index in [0.29, 0.717) is 18.0 Å². The van der Waals surface area contributed by atoms with Gasteiger partial charge in [0.1, 0.15) is 5.52 Å². The fourth-order valence-electron chi connectivity index (χ4n) is 2.86. The van der Waals surface area contributed by atoms with E-state index in [1.807, 2.05) is 0 Å². The molecule has 0 atom stereocenters. The van der Waals surface area contributed by atoms with Crippen LogP contribution in [0.25, 0.3) is 11.0 Å². The zero-order valence-corrected chi connectivity index (χ0v) is 11.4. The van der Waals surface area contributed by atoms with Crippen molar-refractivity contribution in [2.24, 2.45) is 5.92 Å². The molecule has 1 aliphatic heterocycles. The Labute approximate surface area is 116 Å². The second-order valence-corrected chi connectivity index (χ2v) is 5.56. The van der Waals surface area contributed by atoms with E-state index < -0.39 is 11.6 Å². The van der Waals surface area contributed by atoms with E-state index in [9.17, 15) is 8.78 Å². The van der Waals surface area contributed by atoms with Crippen molar-refractivity contribution in [3.05, 3.63) is 23.8 Å². The number of imidazole rings is 1. The lowest BCUT2D eigenvalue weighted by Gasteiger charge is -2.29. The third-order valence-electron chi connectivity index (χ3n) is 4.11. The number of hydrogen-bond donors (Lipinski definition) is 1. The number of nitrogens with two attached hydrogens (primary N) is 1. The molecule has 0 aliphatic carbocycles. The van der Waals surface area contributed by atoms with Gasteiger partial charge in [-0.3, -0.25) is 0 Å². The summed E-state index contributed by atoms with van der Waals surface area (Å²) in [7, 11) is 2.09. The zero-order chi connectivity index (χ0) is 14.3. The molecule has 108 valence electrons. The van der Waals surface area contributed by atoms with E-state index in [0.717, 1.165) is 32.0 Å². The molecule has 0 spiro atoms. The SMILES string of the molecule is CN1CCC(Cn2c(N)nc3ccc(F)c(F)c32)CC1. The molecule has 2 heterocycles. The summed E-state index contributed by atoms with van der Waals surface area (Å²) < 4.78 is 29.0. The highest BCUT2D eigenvalue weighted by Gasteiger charge is 2.21. The van der Waals surface area contributed by atoms with Gasteiger partial charge in [0, 0.05) is 6.54 Å². The van der Waals surface area contributed by atoms with E-state index in [1.54, 1.807) is 4.57 Å². The number of fused-ring (bicyclic) bond motifs is 1. The summed E-state index contributed by atoms with van der Waals surface area (Å²) in [5.74, 6) is -1.04. The van der Waals surface area contributed by atoms with Crippen LogP contribution in [0.5, 0.6) is 0 Å². The van der Waals surface area contributed by atoms with Crippen LogP contribution in [0, 0.1) is 17.6 Å². The maximum atomic E-state index is 14.0. The molecule has 20 heavy (non-hydrogen) atoms. The van der Waals surface area contributed by atoms with Gasteiger partial charge in [-0.2, -0.15) is 0 Å². The second kappa shape index (κ2) is 5.01. The lowest BCUT2D eigenvalue weighted by molar-refractivity contribution is 0.206. The Balaban J connectivity index is 1.94. The first kappa shape index (κ1) is 13.3. The second-order valence-electron chi connectivity index (χ2n) is 5.56. The lowest BCUT2D eigenvalue weighted by atomic mass is 9.97. The molecule has 6 heteroatoms. The molecule has 0 radical (unpaired) electrons. The van der Waals surface area contributed by atoms with Crippen LogP contribution in [0.15, 0.2) is 12.1 Å². The molecule has 2 aromatic rings. The first-order valence-electron chi connectivity index (χ1n) is 6.84. The summed E-state index contributed by atoms with van der Waals surface area (Å²) in [6.07, 6.45) is 2.07. The van der Waals surface area contributed by atoms with Crippen LogP contribution in [0.1, 0.15) is 12.8 Å². The number of halogens is 2. The van der Waals surface area contributed by atoms with Gasteiger partial charge < -0.3 is 15.2 Å². The van der Waals surface area contributed by atoms with Crippen molar-refractivity contribution in [2.45, 2.75) is 19.4 Å². The quantitative estimate of drug-likeness (QED) is 0.917. The number of hydrogen-bond acceptors (Lipinski definition) is 3. The Morgan fingerprint density at radius 1 is 1.30 bits per heavy atom. The van der Waals surface area contributed by atoms with Gasteiger partial charge >= 0.3 is 0 Å². The molecule has 1 fully saturated rings. The molecule has 3 rings (SSSR count). The highest BCUT2D eigenvalue weighted by molar-refractivity contribution is 5.79. The predicted molar refractivity (Wildman–Crippen MR) is 74.3 cm³/mol. The molecular weight excluding hydrogens is 262 g/mol. The van der Waals surface area contributed by atoms with Crippen molar-refractivity contribution in [1.82, 2.24) is 14.5 Å². The Morgan fingerprint density at radius 2 is 2.00 bits per heavy atom. The Kier molecular flexibility index (Phi) is 3.33. The lowest BCUT2D eigenvalue weighted by Crippen LogP contribution is -2.32. The summed E-state index contributed by atoms with van der Waals surface area (Å²) in [5, 5.41) is 0. The molecule has 1 aliphatic rings. The summed E-state index contributed by atoms with van der Waals surface area (Å²) in [6.45, 7) is 2.64. The monoisotopic (exact) mass is 280 g/mol. The van der Waals surface area contributed by atoms with Gasteiger partial charge in [-0.25, -0.2) is 13.8 Å². The van der Waals surface area contributed by atoms with Crippen molar-refractivity contribution in [2.75, 3.05) is 25.9 Å². The number of benzene rings is 1. The fraction of sp³-hybridized carbons (Fsp3) is 0.500. The summed E-state index contributed by atoms with van der Waals surface area (Å²) in [4.78, 5) is 6.39. The highest BCUT2D eigenvalue weighted by Crippen LogP contribution is 2.26. The van der Waals surface area contributed by atoms with Crippen molar-refractivity contribution >= 4 is 17.0 Å². The molecule has 0 bridgehead atoms. The molecule has 1 saturated heterocycles. The number of rotatable bonds is 2. The fourth-order valence-corrected chi connectivity index (χ4v) is 2.86. The molecule has 1 aromatic heterocycles. The number of likely N-dealkylation sites (tertiary alicyclic amines) is 1. The van der Waals surface area contributed by atoms with E-state index in [1.165, 1.54) is 6.07 Å². The van der Waals surface area contributed by atoms with Crippen LogP contribution in [0.3, 0.4) is 0 Å². The number of nitrogen functional groups attached to an aromatic ring is 1. The Bertz CT molecular complexity index is 630. The predicted octanol–water partition coefficient (Wildman–Crippen LogP) is 2.24. The van der Waals surface area contributed by atoms with Crippen LogP contribution in [-0.2, 0) is 6.54 Å². The highest BCUT2D eigenvalue weighted by atomic mass is 19.2. The zero-order valence-electron chi connectivity index (χ0n) is 11.4. The van der Waals surface area contributed by atoms with Crippen LogP contribution in [-0.4, -0.2) is 34.6 Å². The van der Waals surface area contributed by atoms with Crippen LogP contribution >= 0.6 is 0 Å². The smallest absolute Gasteiger partial charge is 0.201 e. The van der Waals surface area contributed by atoms with Crippen LogP contribution < -0.4 is 5.73 Å². The maximum absolute atomic E-state index is 14.0. The molecule has 4 nitrogen and oxygen atoms in total. The number of aromatic nitrogens is 2. The summed E-state index contributed by atoms with van der Waals surface area (Å²) in [6, 6.07) is 2.55. The first-order chi connectivity index (χ1) is 9.56. The molecular formula is C14H18F2N4. The minimum absolute atomic E-state index is 0.182. The normalized spacial score (nSPS) is 17.9. The third-order valence-corrected chi connectivity index (χ3v) is 4.11. The standard InChI is InChI=1S/C14H18F2N4/c1-19-6-4-9(5-7-19)8-20-13-11(18-14(20)17)3-2-10(15)12(13)16/h2-3,9H,4-8H2,1H3,(H2,17,18). The van der Waals surface area contributed by atoms with Gasteiger partial charge in [0.25, 0.3) is 0 Å². The number of anilines is 1. The topological polar surface area (TPSA) is 47.1 Å². The number of piperidine rings is 1. The molecule has 0 amide bonds. The van der Waals surface area contributed by atoms with Gasteiger partial charge in [-0.15, -0.1) is 0 Å². The Hall–Kier alpha value is -1.69. The van der Waals surface area contributed by atoms with E-state index in [2.05, 4.69) is 16.9 Å². The van der Waals surface area contributed by atoms with Gasteiger partial charge in [0.05, 0.1) is 5.52 Å². The van der Waals surface area contributed by atoms with Crippen molar-refractivity contribution in [1.29, 1.82) is 0 Å². The summed E-state index contributed by atoms with van der Waals surface area (Å²) >= 11 is 0. The van der Waals surface area contributed by atoms with Gasteiger partial charge in [-0.1, -0.05) is 0 Å². The largest absolute Gasteiger partial charge is 0.369 e. The molecule has 2 N–H and O–H groups in total. The number of nitrogens with zero attached hydrogens (tertiary/aromatic N) is 3. The van der Waals surface area contributed by atoms with Gasteiger partial charge in [-0.05, 0) is 51.0 Å². The Morgan fingerprint density at radius 3 is 2.70 bits per heavy atom. The minimum Gasteiger partial charge on any atom is -0.369 e.